The zero-order valence-corrected chi connectivity index (χ0v) is 12.3. The number of nitrogens with one attached hydrogen (secondary N) is 1. The number of fused-ring (bicyclic) bond motifs is 1. The zero-order valence-electron chi connectivity index (χ0n) is 10.7. The van der Waals surface area contributed by atoms with Crippen molar-refractivity contribution in [3.8, 4) is 0 Å². The molecule has 0 radical (unpaired) electrons. The predicted molar refractivity (Wildman–Crippen MR) is 85.6 cm³/mol. The molecule has 3 rings (SSSR count). The van der Waals surface area contributed by atoms with Crippen molar-refractivity contribution < 1.29 is 9.18 Å². The Balaban J connectivity index is 1.94. The first-order valence-corrected chi connectivity index (χ1v) is 7.28. The monoisotopic (exact) mass is 320 g/mol. The van der Waals surface area contributed by atoms with E-state index in [1.54, 1.807) is 18.2 Å². The molecule has 0 aliphatic heterocycles. The highest BCUT2D eigenvalue weighted by atomic mass is 35.5. The molecular formula is C15H10ClFN2OS. The highest BCUT2D eigenvalue weighted by Crippen LogP contribution is 2.29. The molecule has 0 aliphatic carbocycles. The van der Waals surface area contributed by atoms with Gasteiger partial charge in [0, 0.05) is 10.4 Å². The number of amides is 1. The largest absolute Gasteiger partial charge is 0.399 e. The SMILES string of the molecule is Nc1ccc2sc(C(=O)Nc3c(F)cccc3Cl)cc2c1. The molecule has 0 spiro atoms. The van der Waals surface area contributed by atoms with Gasteiger partial charge in [-0.25, -0.2) is 4.39 Å². The standard InChI is InChI=1S/C15H10ClFN2OS/c16-10-2-1-3-11(17)14(10)19-15(20)13-7-8-6-9(18)4-5-12(8)21-13/h1-7H,18H2,(H,19,20). The number of para-hydroxylation sites is 1. The summed E-state index contributed by atoms with van der Waals surface area (Å²) in [5, 5.41) is 3.54. The van der Waals surface area contributed by atoms with Gasteiger partial charge in [0.05, 0.1) is 15.6 Å². The Labute approximate surface area is 129 Å². The second kappa shape index (κ2) is 5.35. The average Bonchev–Trinajstić information content (AvgIpc) is 2.86. The first-order valence-electron chi connectivity index (χ1n) is 6.09. The van der Waals surface area contributed by atoms with Crippen LogP contribution in [-0.4, -0.2) is 5.91 Å². The molecule has 0 aliphatic rings. The van der Waals surface area contributed by atoms with Crippen LogP contribution in [0.15, 0.2) is 42.5 Å². The number of halogens is 2. The maximum Gasteiger partial charge on any atom is 0.265 e. The van der Waals surface area contributed by atoms with Gasteiger partial charge in [-0.15, -0.1) is 11.3 Å². The molecule has 0 bridgehead atoms. The Morgan fingerprint density at radius 2 is 2.05 bits per heavy atom. The number of hydrogen-bond acceptors (Lipinski definition) is 3. The summed E-state index contributed by atoms with van der Waals surface area (Å²) >= 11 is 7.20. The van der Waals surface area contributed by atoms with E-state index in [0.29, 0.717) is 10.6 Å². The summed E-state index contributed by atoms with van der Waals surface area (Å²) in [5.74, 6) is -0.969. The van der Waals surface area contributed by atoms with E-state index in [-0.39, 0.29) is 10.7 Å². The Kier molecular flexibility index (Phi) is 3.53. The fourth-order valence-electron chi connectivity index (χ4n) is 1.97. The Morgan fingerprint density at radius 3 is 2.81 bits per heavy atom. The highest BCUT2D eigenvalue weighted by molar-refractivity contribution is 7.20. The second-order valence-electron chi connectivity index (χ2n) is 4.46. The molecule has 21 heavy (non-hydrogen) atoms. The first kappa shape index (κ1) is 13.9. The quantitative estimate of drug-likeness (QED) is 0.682. The molecule has 1 amide bonds. The van der Waals surface area contributed by atoms with Crippen LogP contribution in [0.1, 0.15) is 9.67 Å². The first-order chi connectivity index (χ1) is 10.0. The summed E-state index contributed by atoms with van der Waals surface area (Å²) in [7, 11) is 0. The van der Waals surface area contributed by atoms with E-state index in [9.17, 15) is 9.18 Å². The van der Waals surface area contributed by atoms with E-state index in [2.05, 4.69) is 5.32 Å². The molecule has 0 saturated heterocycles. The number of anilines is 2. The van der Waals surface area contributed by atoms with Crippen LogP contribution in [0, 0.1) is 5.82 Å². The minimum absolute atomic E-state index is 0.0128. The fourth-order valence-corrected chi connectivity index (χ4v) is 3.11. The predicted octanol–water partition coefficient (Wildman–Crippen LogP) is 4.53. The van der Waals surface area contributed by atoms with Gasteiger partial charge in [-0.2, -0.15) is 0 Å². The Bertz CT molecular complexity index is 827. The number of hydrogen-bond donors (Lipinski definition) is 2. The number of nitrogens with two attached hydrogens (primary N) is 1. The molecule has 0 atom stereocenters. The van der Waals surface area contributed by atoms with Gasteiger partial charge < -0.3 is 11.1 Å². The molecule has 0 unspecified atom stereocenters. The van der Waals surface area contributed by atoms with Crippen LogP contribution < -0.4 is 11.1 Å². The van der Waals surface area contributed by atoms with Gasteiger partial charge in [0.15, 0.2) is 0 Å². The third-order valence-corrected chi connectivity index (χ3v) is 4.40. The lowest BCUT2D eigenvalue weighted by Crippen LogP contribution is -2.11. The topological polar surface area (TPSA) is 55.1 Å². The van der Waals surface area contributed by atoms with Crippen molar-refractivity contribution in [1.29, 1.82) is 0 Å². The Hall–Kier alpha value is -2.11. The van der Waals surface area contributed by atoms with E-state index in [0.717, 1.165) is 10.1 Å². The number of thiophene rings is 1. The number of rotatable bonds is 2. The summed E-state index contributed by atoms with van der Waals surface area (Å²) in [4.78, 5) is 12.7. The van der Waals surface area contributed by atoms with Crippen LogP contribution in [0.2, 0.25) is 5.02 Å². The molecule has 3 nitrogen and oxygen atoms in total. The van der Waals surface area contributed by atoms with Crippen molar-refractivity contribution in [1.82, 2.24) is 0 Å². The summed E-state index contributed by atoms with van der Waals surface area (Å²) in [6.45, 7) is 0. The van der Waals surface area contributed by atoms with Gasteiger partial charge in [-0.3, -0.25) is 4.79 Å². The van der Waals surface area contributed by atoms with Crippen molar-refractivity contribution in [3.63, 3.8) is 0 Å². The maximum atomic E-state index is 13.7. The van der Waals surface area contributed by atoms with Gasteiger partial charge in [0.2, 0.25) is 0 Å². The van der Waals surface area contributed by atoms with Crippen LogP contribution in [-0.2, 0) is 0 Å². The van der Waals surface area contributed by atoms with Gasteiger partial charge in [-0.1, -0.05) is 17.7 Å². The second-order valence-corrected chi connectivity index (χ2v) is 5.95. The lowest BCUT2D eigenvalue weighted by atomic mass is 10.2. The van der Waals surface area contributed by atoms with Crippen molar-refractivity contribution in [2.24, 2.45) is 0 Å². The number of benzene rings is 2. The summed E-state index contributed by atoms with van der Waals surface area (Å²) in [6, 6.07) is 11.4. The lowest BCUT2D eigenvalue weighted by Gasteiger charge is -2.06. The van der Waals surface area contributed by atoms with E-state index in [4.69, 9.17) is 17.3 Å². The van der Waals surface area contributed by atoms with Crippen molar-refractivity contribution in [2.75, 3.05) is 11.1 Å². The molecule has 6 heteroatoms. The molecule has 1 heterocycles. The number of carbonyl (C=O) groups is 1. The highest BCUT2D eigenvalue weighted by Gasteiger charge is 2.14. The summed E-state index contributed by atoms with van der Waals surface area (Å²) in [5.41, 5.74) is 6.33. The maximum absolute atomic E-state index is 13.7. The molecule has 0 fully saturated rings. The van der Waals surface area contributed by atoms with Crippen LogP contribution in [0.4, 0.5) is 15.8 Å². The third-order valence-electron chi connectivity index (χ3n) is 2.97. The van der Waals surface area contributed by atoms with Crippen LogP contribution >= 0.6 is 22.9 Å². The Morgan fingerprint density at radius 1 is 1.24 bits per heavy atom. The van der Waals surface area contributed by atoms with E-state index >= 15 is 0 Å². The fraction of sp³-hybridized carbons (Fsp3) is 0. The number of carbonyl (C=O) groups excluding carboxylic acids is 1. The summed E-state index contributed by atoms with van der Waals surface area (Å²) < 4.78 is 14.6. The van der Waals surface area contributed by atoms with Gasteiger partial charge in [-0.05, 0) is 41.8 Å². The third kappa shape index (κ3) is 2.70. The summed E-state index contributed by atoms with van der Waals surface area (Å²) in [6.07, 6.45) is 0. The molecule has 0 saturated carbocycles. The van der Waals surface area contributed by atoms with Crippen molar-refractivity contribution >= 4 is 50.3 Å². The van der Waals surface area contributed by atoms with Crippen molar-refractivity contribution in [2.45, 2.75) is 0 Å². The van der Waals surface area contributed by atoms with E-state index < -0.39 is 11.7 Å². The normalized spacial score (nSPS) is 10.8. The smallest absolute Gasteiger partial charge is 0.265 e. The minimum atomic E-state index is -0.568. The van der Waals surface area contributed by atoms with E-state index in [1.165, 1.54) is 29.5 Å². The van der Waals surface area contributed by atoms with E-state index in [1.807, 2.05) is 6.07 Å². The molecule has 2 aromatic carbocycles. The molecule has 1 aromatic heterocycles. The molecule has 3 N–H and O–H groups in total. The van der Waals surface area contributed by atoms with Crippen molar-refractivity contribution in [3.05, 3.63) is 58.2 Å². The average molecular weight is 321 g/mol. The van der Waals surface area contributed by atoms with Crippen LogP contribution in [0.3, 0.4) is 0 Å². The van der Waals surface area contributed by atoms with Gasteiger partial charge in [0.1, 0.15) is 5.82 Å². The van der Waals surface area contributed by atoms with Gasteiger partial charge in [0.25, 0.3) is 5.91 Å². The molecular weight excluding hydrogens is 311 g/mol. The van der Waals surface area contributed by atoms with Crippen LogP contribution in [0.5, 0.6) is 0 Å². The van der Waals surface area contributed by atoms with Gasteiger partial charge >= 0.3 is 0 Å². The number of nitrogen functional groups attached to an aromatic ring is 1. The molecule has 3 aromatic rings. The molecule has 106 valence electrons. The zero-order chi connectivity index (χ0) is 15.0. The minimum Gasteiger partial charge on any atom is -0.399 e. The van der Waals surface area contributed by atoms with Crippen LogP contribution in [0.25, 0.3) is 10.1 Å². The lowest BCUT2D eigenvalue weighted by molar-refractivity contribution is 0.103.